The van der Waals surface area contributed by atoms with Gasteiger partial charge in [-0.2, -0.15) is 0 Å². The number of carbonyl (C=O) groups is 4. The molecule has 2 aromatic rings. The van der Waals surface area contributed by atoms with Crippen LogP contribution in [0.1, 0.15) is 11.1 Å². The number of methoxy groups -OCH3 is 1. The number of amides is 5. The lowest BCUT2D eigenvalue weighted by Crippen LogP contribution is -2.39. The number of rotatable bonds is 5. The molecule has 1 aliphatic heterocycles. The summed E-state index contributed by atoms with van der Waals surface area (Å²) in [6, 6.07) is 10.6. The average molecular weight is 381 g/mol. The molecule has 1 aliphatic rings. The molecule has 1 N–H and O–H groups in total. The quantitative estimate of drug-likeness (QED) is 0.633. The molecule has 0 aromatic heterocycles. The van der Waals surface area contributed by atoms with E-state index in [9.17, 15) is 19.2 Å². The maximum absolute atomic E-state index is 12.6. The predicted molar refractivity (Wildman–Crippen MR) is 102 cm³/mol. The van der Waals surface area contributed by atoms with Crippen LogP contribution in [-0.2, 0) is 14.4 Å². The summed E-state index contributed by atoms with van der Waals surface area (Å²) in [6.07, 6.45) is 0. The molecule has 5 amide bonds. The molecular weight excluding hydrogens is 362 g/mol. The molecule has 0 bridgehead atoms. The van der Waals surface area contributed by atoms with Crippen molar-refractivity contribution in [3.05, 3.63) is 53.6 Å². The van der Waals surface area contributed by atoms with Gasteiger partial charge in [0.2, 0.25) is 5.91 Å². The van der Waals surface area contributed by atoms with Crippen molar-refractivity contribution < 1.29 is 23.9 Å². The van der Waals surface area contributed by atoms with Gasteiger partial charge in [-0.05, 0) is 61.4 Å². The van der Waals surface area contributed by atoms with Crippen LogP contribution >= 0.6 is 0 Å². The minimum atomic E-state index is -1.05. The van der Waals surface area contributed by atoms with Crippen molar-refractivity contribution >= 4 is 35.1 Å². The summed E-state index contributed by atoms with van der Waals surface area (Å²) >= 11 is 0. The van der Waals surface area contributed by atoms with Crippen molar-refractivity contribution in [3.63, 3.8) is 0 Å². The number of urea groups is 1. The largest absolute Gasteiger partial charge is 0.497 e. The first kappa shape index (κ1) is 19.1. The molecule has 1 fully saturated rings. The second kappa shape index (κ2) is 7.51. The molecule has 1 saturated heterocycles. The van der Waals surface area contributed by atoms with E-state index in [4.69, 9.17) is 4.74 Å². The van der Waals surface area contributed by atoms with E-state index in [1.807, 2.05) is 19.9 Å². The summed E-state index contributed by atoms with van der Waals surface area (Å²) in [5.74, 6) is -2.08. The highest BCUT2D eigenvalue weighted by Gasteiger charge is 2.46. The number of carbonyl (C=O) groups excluding carboxylic acids is 4. The van der Waals surface area contributed by atoms with Crippen molar-refractivity contribution in [3.8, 4) is 5.75 Å². The van der Waals surface area contributed by atoms with Gasteiger partial charge >= 0.3 is 17.8 Å². The topological polar surface area (TPSA) is 96.0 Å². The monoisotopic (exact) mass is 381 g/mol. The number of imide groups is 2. The first-order chi connectivity index (χ1) is 13.3. The van der Waals surface area contributed by atoms with Crippen molar-refractivity contribution in [2.45, 2.75) is 13.8 Å². The lowest BCUT2D eigenvalue weighted by atomic mass is 10.1. The van der Waals surface area contributed by atoms with Crippen LogP contribution in [0.15, 0.2) is 42.5 Å². The zero-order chi connectivity index (χ0) is 20.4. The molecule has 0 spiro atoms. The molecule has 0 atom stereocenters. The first-order valence-corrected chi connectivity index (χ1v) is 8.53. The normalized spacial score (nSPS) is 13.9. The van der Waals surface area contributed by atoms with Gasteiger partial charge in [-0.1, -0.05) is 6.07 Å². The molecule has 0 aliphatic carbocycles. The minimum Gasteiger partial charge on any atom is -0.497 e. The highest BCUT2D eigenvalue weighted by Crippen LogP contribution is 2.24. The van der Waals surface area contributed by atoms with Gasteiger partial charge in [-0.15, -0.1) is 0 Å². The van der Waals surface area contributed by atoms with E-state index in [1.54, 1.807) is 24.3 Å². The fourth-order valence-electron chi connectivity index (χ4n) is 2.77. The Kier molecular flexibility index (Phi) is 5.12. The van der Waals surface area contributed by atoms with Crippen molar-refractivity contribution in [2.24, 2.45) is 0 Å². The molecule has 3 rings (SSSR count). The molecule has 0 radical (unpaired) electrons. The van der Waals surface area contributed by atoms with E-state index in [1.165, 1.54) is 19.2 Å². The smallest absolute Gasteiger partial charge is 0.339 e. The van der Waals surface area contributed by atoms with Gasteiger partial charge in [0, 0.05) is 5.69 Å². The number of nitrogens with zero attached hydrogens (tertiary/aromatic N) is 2. The Morgan fingerprint density at radius 2 is 1.64 bits per heavy atom. The highest BCUT2D eigenvalue weighted by molar-refractivity contribution is 6.53. The van der Waals surface area contributed by atoms with Crippen LogP contribution in [0.3, 0.4) is 0 Å². The highest BCUT2D eigenvalue weighted by atomic mass is 16.5. The van der Waals surface area contributed by atoms with Crippen LogP contribution in [0.5, 0.6) is 5.75 Å². The number of aryl methyl sites for hydroxylation is 2. The maximum Gasteiger partial charge on any atom is 0.339 e. The Balaban J connectivity index is 1.73. The van der Waals surface area contributed by atoms with Crippen LogP contribution in [0.25, 0.3) is 0 Å². The summed E-state index contributed by atoms with van der Waals surface area (Å²) in [5.41, 5.74) is 2.84. The van der Waals surface area contributed by atoms with Crippen molar-refractivity contribution in [1.82, 2.24) is 4.90 Å². The Morgan fingerprint density at radius 3 is 2.25 bits per heavy atom. The Bertz CT molecular complexity index is 968. The number of hydrogen-bond donors (Lipinski definition) is 1. The van der Waals surface area contributed by atoms with Gasteiger partial charge in [0.15, 0.2) is 0 Å². The van der Waals surface area contributed by atoms with Crippen molar-refractivity contribution in [2.75, 3.05) is 23.9 Å². The van der Waals surface area contributed by atoms with Crippen molar-refractivity contribution in [1.29, 1.82) is 0 Å². The standard InChI is InChI=1S/C20H19N3O5/c1-12-4-5-14(10-13(12)2)21-17(24)11-22-18(25)19(26)23(20(22)27)15-6-8-16(28-3)9-7-15/h4-10H,11H2,1-3H3,(H,21,24). The predicted octanol–water partition coefficient (Wildman–Crippen LogP) is 2.25. The van der Waals surface area contributed by atoms with Crippen LogP contribution in [0.4, 0.5) is 16.2 Å². The van der Waals surface area contributed by atoms with Gasteiger partial charge in [-0.25, -0.2) is 14.6 Å². The molecular formula is C20H19N3O5. The zero-order valence-corrected chi connectivity index (χ0v) is 15.7. The van der Waals surface area contributed by atoms with E-state index >= 15 is 0 Å². The summed E-state index contributed by atoms with van der Waals surface area (Å²) in [6.45, 7) is 3.30. The molecule has 2 aromatic carbocycles. The lowest BCUT2D eigenvalue weighted by molar-refractivity contribution is -0.140. The molecule has 0 unspecified atom stereocenters. The first-order valence-electron chi connectivity index (χ1n) is 8.53. The van der Waals surface area contributed by atoms with Gasteiger partial charge in [0.1, 0.15) is 12.3 Å². The maximum atomic E-state index is 12.6. The number of anilines is 2. The summed E-state index contributed by atoms with van der Waals surface area (Å²) in [7, 11) is 1.49. The molecule has 8 heteroatoms. The molecule has 1 heterocycles. The second-order valence-corrected chi connectivity index (χ2v) is 6.36. The lowest BCUT2D eigenvalue weighted by Gasteiger charge is -2.16. The van der Waals surface area contributed by atoms with E-state index in [0.717, 1.165) is 16.0 Å². The van der Waals surface area contributed by atoms with Crippen LogP contribution < -0.4 is 15.0 Å². The molecule has 28 heavy (non-hydrogen) atoms. The fraction of sp³-hybridized carbons (Fsp3) is 0.200. The van der Waals surface area contributed by atoms with Gasteiger partial charge in [-0.3, -0.25) is 14.4 Å². The van der Waals surface area contributed by atoms with E-state index in [-0.39, 0.29) is 5.69 Å². The fourth-order valence-corrected chi connectivity index (χ4v) is 2.77. The minimum absolute atomic E-state index is 0.223. The molecule has 0 saturated carbocycles. The Labute approximate surface area is 161 Å². The van der Waals surface area contributed by atoms with Crippen LogP contribution in [0, 0.1) is 13.8 Å². The van der Waals surface area contributed by atoms with E-state index in [0.29, 0.717) is 16.3 Å². The number of hydrogen-bond acceptors (Lipinski definition) is 5. The molecule has 144 valence electrons. The SMILES string of the molecule is COc1ccc(N2C(=O)C(=O)N(CC(=O)Nc3ccc(C)c(C)c3)C2=O)cc1. The Hall–Kier alpha value is -3.68. The van der Waals surface area contributed by atoms with Crippen LogP contribution in [0.2, 0.25) is 0 Å². The van der Waals surface area contributed by atoms with E-state index < -0.39 is 30.3 Å². The van der Waals surface area contributed by atoms with Crippen LogP contribution in [-0.4, -0.2) is 42.3 Å². The summed E-state index contributed by atoms with van der Waals surface area (Å²) < 4.78 is 5.03. The number of ether oxygens (including phenoxy) is 1. The Morgan fingerprint density at radius 1 is 0.964 bits per heavy atom. The average Bonchev–Trinajstić information content (AvgIpc) is 2.88. The zero-order valence-electron chi connectivity index (χ0n) is 15.7. The number of nitrogens with one attached hydrogen (secondary N) is 1. The van der Waals surface area contributed by atoms with Gasteiger partial charge in [0.25, 0.3) is 0 Å². The summed E-state index contributed by atoms with van der Waals surface area (Å²) in [5, 5.41) is 2.63. The third-order valence-electron chi connectivity index (χ3n) is 4.48. The summed E-state index contributed by atoms with van der Waals surface area (Å²) in [4.78, 5) is 50.7. The molecule has 8 nitrogen and oxygen atoms in total. The second-order valence-electron chi connectivity index (χ2n) is 6.36. The third-order valence-corrected chi connectivity index (χ3v) is 4.48. The number of benzene rings is 2. The van der Waals surface area contributed by atoms with Gasteiger partial charge in [0.05, 0.1) is 12.8 Å². The third kappa shape index (κ3) is 3.57. The van der Waals surface area contributed by atoms with Gasteiger partial charge < -0.3 is 10.1 Å². The van der Waals surface area contributed by atoms with E-state index in [2.05, 4.69) is 5.32 Å².